The summed E-state index contributed by atoms with van der Waals surface area (Å²) in [5.41, 5.74) is 1.07. The molecule has 5 heteroatoms. The Hall–Kier alpha value is -1.07. The Bertz CT molecular complexity index is 652. The average Bonchev–Trinajstić information content (AvgIpc) is 2.99. The van der Waals surface area contributed by atoms with Crippen LogP contribution in [0.25, 0.3) is 10.2 Å². The van der Waals surface area contributed by atoms with Crippen molar-refractivity contribution in [3.63, 3.8) is 0 Å². The molecule has 0 spiro atoms. The molecule has 3 atom stereocenters. The van der Waals surface area contributed by atoms with Crippen LogP contribution in [0.4, 0.5) is 0 Å². The smallest absolute Gasteiger partial charge is 0.220 e. The number of hydrogen-bond donors (Lipinski definition) is 1. The van der Waals surface area contributed by atoms with Crippen LogP contribution in [0.5, 0.6) is 0 Å². The molecule has 0 saturated heterocycles. The Labute approximate surface area is 152 Å². The minimum Gasteiger partial charge on any atom is -0.353 e. The van der Waals surface area contributed by atoms with Gasteiger partial charge in [0.1, 0.15) is 0 Å². The summed E-state index contributed by atoms with van der Waals surface area (Å²) >= 11 is 3.50. The van der Waals surface area contributed by atoms with Crippen LogP contribution in [0, 0.1) is 11.8 Å². The third-order valence-corrected chi connectivity index (χ3v) is 7.37. The molecule has 1 aliphatic carbocycles. The Morgan fingerprint density at radius 3 is 3.00 bits per heavy atom. The molecule has 1 fully saturated rings. The lowest BCUT2D eigenvalue weighted by atomic mass is 9.78. The molecule has 1 saturated carbocycles. The molecule has 1 aliphatic rings. The molecule has 130 valence electrons. The van der Waals surface area contributed by atoms with E-state index in [2.05, 4.69) is 36.3 Å². The van der Waals surface area contributed by atoms with Crippen molar-refractivity contribution in [2.45, 2.75) is 56.3 Å². The molecule has 3 nitrogen and oxygen atoms in total. The van der Waals surface area contributed by atoms with Crippen LogP contribution in [-0.4, -0.2) is 22.7 Å². The van der Waals surface area contributed by atoms with E-state index in [1.807, 2.05) is 12.1 Å². The molecule has 24 heavy (non-hydrogen) atoms. The summed E-state index contributed by atoms with van der Waals surface area (Å²) in [6, 6.07) is 8.60. The summed E-state index contributed by atoms with van der Waals surface area (Å²) in [5.74, 6) is 2.48. The molecule has 0 unspecified atom stereocenters. The first-order valence-electron chi connectivity index (χ1n) is 8.91. The van der Waals surface area contributed by atoms with Gasteiger partial charge < -0.3 is 5.32 Å². The van der Waals surface area contributed by atoms with E-state index in [0.29, 0.717) is 18.4 Å². The number of hydrogen-bond acceptors (Lipinski definition) is 4. The fraction of sp³-hybridized carbons (Fsp3) is 0.579. The van der Waals surface area contributed by atoms with Gasteiger partial charge in [0.05, 0.1) is 10.2 Å². The molecular formula is C19H26N2OS2. The van der Waals surface area contributed by atoms with Crippen molar-refractivity contribution in [3.05, 3.63) is 24.3 Å². The predicted molar refractivity (Wildman–Crippen MR) is 104 cm³/mol. The molecule has 0 radical (unpaired) electrons. The first-order chi connectivity index (χ1) is 11.6. The van der Waals surface area contributed by atoms with Gasteiger partial charge in [-0.2, -0.15) is 0 Å². The van der Waals surface area contributed by atoms with Crippen molar-refractivity contribution in [1.82, 2.24) is 10.3 Å². The van der Waals surface area contributed by atoms with Gasteiger partial charge in [0.2, 0.25) is 5.91 Å². The summed E-state index contributed by atoms with van der Waals surface area (Å²) in [6.07, 6.45) is 5.20. The van der Waals surface area contributed by atoms with Gasteiger partial charge >= 0.3 is 0 Å². The van der Waals surface area contributed by atoms with Gasteiger partial charge in [-0.15, -0.1) is 11.3 Å². The maximum Gasteiger partial charge on any atom is 0.220 e. The molecule has 0 bridgehead atoms. The van der Waals surface area contributed by atoms with E-state index < -0.39 is 0 Å². The van der Waals surface area contributed by atoms with E-state index >= 15 is 0 Å². The van der Waals surface area contributed by atoms with Crippen LogP contribution in [0.2, 0.25) is 0 Å². The number of carbonyl (C=O) groups is 1. The highest BCUT2D eigenvalue weighted by Gasteiger charge is 2.27. The summed E-state index contributed by atoms with van der Waals surface area (Å²) in [7, 11) is 0. The SMILES string of the molecule is C[C@@H]1[C@H](C)CCC[C@@H]1NC(=O)CCCSc1nc2ccccc2s1. The molecule has 0 aliphatic heterocycles. The molecule has 1 N–H and O–H groups in total. The van der Waals surface area contributed by atoms with Gasteiger partial charge in [-0.25, -0.2) is 4.98 Å². The number of para-hydroxylation sites is 1. The Morgan fingerprint density at radius 1 is 1.33 bits per heavy atom. The molecule has 1 aromatic heterocycles. The van der Waals surface area contributed by atoms with Gasteiger partial charge in [0.25, 0.3) is 0 Å². The number of nitrogens with zero attached hydrogens (tertiary/aromatic N) is 1. The minimum atomic E-state index is 0.214. The van der Waals surface area contributed by atoms with E-state index in [1.54, 1.807) is 23.1 Å². The minimum absolute atomic E-state index is 0.214. The maximum atomic E-state index is 12.2. The number of thioether (sulfide) groups is 1. The summed E-state index contributed by atoms with van der Waals surface area (Å²) < 4.78 is 2.34. The number of thiazole rings is 1. The second-order valence-corrected chi connectivity index (χ2v) is 9.21. The Balaban J connectivity index is 1.39. The predicted octanol–water partition coefficient (Wildman–Crippen LogP) is 5.11. The molecular weight excluding hydrogens is 336 g/mol. The number of rotatable bonds is 6. The lowest BCUT2D eigenvalue weighted by Gasteiger charge is -2.34. The highest BCUT2D eigenvalue weighted by molar-refractivity contribution is 8.01. The second kappa shape index (κ2) is 8.34. The van der Waals surface area contributed by atoms with E-state index in [4.69, 9.17) is 0 Å². The average molecular weight is 363 g/mol. The zero-order chi connectivity index (χ0) is 16.9. The quantitative estimate of drug-likeness (QED) is 0.573. The normalized spacial score (nSPS) is 24.2. The van der Waals surface area contributed by atoms with E-state index in [1.165, 1.54) is 17.5 Å². The van der Waals surface area contributed by atoms with Gasteiger partial charge in [0.15, 0.2) is 4.34 Å². The number of carbonyl (C=O) groups excluding carboxylic acids is 1. The zero-order valence-corrected chi connectivity index (χ0v) is 16.1. The first kappa shape index (κ1) is 17.7. The van der Waals surface area contributed by atoms with Crippen molar-refractivity contribution >= 4 is 39.2 Å². The third kappa shape index (κ3) is 4.51. The van der Waals surface area contributed by atoms with Crippen molar-refractivity contribution in [3.8, 4) is 0 Å². The van der Waals surface area contributed by atoms with Crippen LogP contribution in [-0.2, 0) is 4.79 Å². The number of fused-ring (bicyclic) bond motifs is 1. The summed E-state index contributed by atoms with van der Waals surface area (Å²) in [5, 5.41) is 3.26. The first-order valence-corrected chi connectivity index (χ1v) is 10.7. The third-order valence-electron chi connectivity index (χ3n) is 5.10. The van der Waals surface area contributed by atoms with E-state index in [-0.39, 0.29) is 5.91 Å². The fourth-order valence-corrected chi connectivity index (χ4v) is 5.45. The largest absolute Gasteiger partial charge is 0.353 e. The lowest BCUT2D eigenvalue weighted by Crippen LogP contribution is -2.43. The Kier molecular flexibility index (Phi) is 6.17. The van der Waals surface area contributed by atoms with Crippen LogP contribution in [0.1, 0.15) is 46.0 Å². The van der Waals surface area contributed by atoms with E-state index in [9.17, 15) is 4.79 Å². The Morgan fingerprint density at radius 2 is 2.17 bits per heavy atom. The number of amides is 1. The van der Waals surface area contributed by atoms with Gasteiger partial charge in [-0.05, 0) is 36.8 Å². The summed E-state index contributed by atoms with van der Waals surface area (Å²) in [6.45, 7) is 4.58. The number of benzene rings is 1. The van der Waals surface area contributed by atoms with Crippen LogP contribution in [0.3, 0.4) is 0 Å². The molecule has 1 aromatic carbocycles. The molecule has 3 rings (SSSR count). The summed E-state index contributed by atoms with van der Waals surface area (Å²) in [4.78, 5) is 16.8. The van der Waals surface area contributed by atoms with Crippen molar-refractivity contribution in [2.24, 2.45) is 11.8 Å². The highest BCUT2D eigenvalue weighted by atomic mass is 32.2. The fourth-order valence-electron chi connectivity index (χ4n) is 3.37. The second-order valence-electron chi connectivity index (χ2n) is 6.84. The topological polar surface area (TPSA) is 42.0 Å². The van der Waals surface area contributed by atoms with Crippen molar-refractivity contribution < 1.29 is 4.79 Å². The van der Waals surface area contributed by atoms with Gasteiger partial charge in [-0.1, -0.05) is 50.6 Å². The van der Waals surface area contributed by atoms with Gasteiger partial charge in [-0.3, -0.25) is 4.79 Å². The molecule has 1 amide bonds. The van der Waals surface area contributed by atoms with Crippen LogP contribution in [0.15, 0.2) is 28.6 Å². The lowest BCUT2D eigenvalue weighted by molar-refractivity contribution is -0.122. The molecule has 1 heterocycles. The maximum absolute atomic E-state index is 12.2. The standard InChI is InChI=1S/C19H26N2OS2/c1-13-7-5-9-15(14(13)2)20-18(22)11-6-12-23-19-21-16-8-3-4-10-17(16)24-19/h3-4,8,10,13-15H,5-7,9,11-12H2,1-2H3,(H,20,22)/t13-,14-,15+/m1/s1. The number of aromatic nitrogens is 1. The van der Waals surface area contributed by atoms with Gasteiger partial charge in [0, 0.05) is 18.2 Å². The van der Waals surface area contributed by atoms with Crippen molar-refractivity contribution in [2.75, 3.05) is 5.75 Å². The molecule has 2 aromatic rings. The van der Waals surface area contributed by atoms with E-state index in [0.717, 1.165) is 34.4 Å². The number of nitrogens with one attached hydrogen (secondary N) is 1. The van der Waals surface area contributed by atoms with Crippen molar-refractivity contribution in [1.29, 1.82) is 0 Å². The highest BCUT2D eigenvalue weighted by Crippen LogP contribution is 2.31. The van der Waals surface area contributed by atoms with Crippen LogP contribution >= 0.6 is 23.1 Å². The zero-order valence-electron chi connectivity index (χ0n) is 14.5. The van der Waals surface area contributed by atoms with Crippen LogP contribution < -0.4 is 5.32 Å². The monoisotopic (exact) mass is 362 g/mol.